The minimum absolute atomic E-state index is 0.00633. The lowest BCUT2D eigenvalue weighted by atomic mass is 9.73. The Kier molecular flexibility index (Phi) is 22.8. The summed E-state index contributed by atoms with van der Waals surface area (Å²) in [5.41, 5.74) is 3.11. The van der Waals surface area contributed by atoms with E-state index >= 15 is 0 Å². The summed E-state index contributed by atoms with van der Waals surface area (Å²) < 4.78 is 30.0. The summed E-state index contributed by atoms with van der Waals surface area (Å²) in [7, 11) is 4.00. The Hall–Kier alpha value is -2.23. The van der Waals surface area contributed by atoms with Gasteiger partial charge in [0.05, 0.1) is 19.6 Å². The normalized spacial score (nSPS) is 27.0. The molecule has 0 aromatic heterocycles. The second-order valence-electron chi connectivity index (χ2n) is 19.7. The predicted octanol–water partition coefficient (Wildman–Crippen LogP) is 11.6. The van der Waals surface area contributed by atoms with Crippen molar-refractivity contribution in [2.75, 3.05) is 40.5 Å². The number of hydrogen-bond acceptors (Lipinski definition) is 9. The molecule has 0 radical (unpaired) electrons. The van der Waals surface area contributed by atoms with Crippen molar-refractivity contribution in [1.29, 1.82) is 0 Å². The van der Waals surface area contributed by atoms with E-state index in [1.807, 2.05) is 14.1 Å². The van der Waals surface area contributed by atoms with Crippen LogP contribution in [0.25, 0.3) is 0 Å². The van der Waals surface area contributed by atoms with Gasteiger partial charge >= 0.3 is 17.9 Å². The highest BCUT2D eigenvalue weighted by Gasteiger charge is 2.70. The van der Waals surface area contributed by atoms with Crippen molar-refractivity contribution in [3.8, 4) is 0 Å². The molecule has 1 aliphatic heterocycles. The number of carbonyl (C=O) groups excluding carboxylic acids is 3. The number of nitrogens with zero attached hydrogens (tertiary/aromatic N) is 1. The summed E-state index contributed by atoms with van der Waals surface area (Å²) in [4.78, 5) is 40.4. The fourth-order valence-corrected chi connectivity index (χ4v) is 10.1. The van der Waals surface area contributed by atoms with E-state index in [2.05, 4.69) is 72.4 Å². The Balaban J connectivity index is 1.35. The van der Waals surface area contributed by atoms with Crippen LogP contribution in [-0.2, 0) is 38.1 Å². The van der Waals surface area contributed by atoms with E-state index in [1.54, 1.807) is 0 Å². The van der Waals surface area contributed by atoms with E-state index in [9.17, 15) is 14.4 Å². The van der Waals surface area contributed by atoms with E-state index < -0.39 is 0 Å². The molecule has 9 heteroatoms. The first-order chi connectivity index (χ1) is 28.1. The highest BCUT2D eigenvalue weighted by atomic mass is 16.7. The fourth-order valence-electron chi connectivity index (χ4n) is 10.1. The molecule has 59 heavy (non-hydrogen) atoms. The Morgan fingerprint density at radius 2 is 1.49 bits per heavy atom. The van der Waals surface area contributed by atoms with Crippen molar-refractivity contribution < 1.29 is 38.1 Å². The molecule has 1 heterocycles. The Bertz CT molecular complexity index is 1310. The first-order valence-corrected chi connectivity index (χ1v) is 23.8. The number of esters is 3. The van der Waals surface area contributed by atoms with Gasteiger partial charge in [-0.2, -0.15) is 0 Å². The van der Waals surface area contributed by atoms with Crippen molar-refractivity contribution in [3.63, 3.8) is 0 Å². The largest absolute Gasteiger partial charge is 0.466 e. The molecule has 3 rings (SSSR count). The Morgan fingerprint density at radius 3 is 2.17 bits per heavy atom. The number of carbonyl (C=O) groups is 3. The minimum Gasteiger partial charge on any atom is -0.466 e. The van der Waals surface area contributed by atoms with Gasteiger partial charge in [0, 0.05) is 31.3 Å². The zero-order valence-electron chi connectivity index (χ0n) is 39.4. The molecule has 1 saturated heterocycles. The van der Waals surface area contributed by atoms with E-state index in [-0.39, 0.29) is 48.2 Å². The van der Waals surface area contributed by atoms with Crippen LogP contribution in [0.5, 0.6) is 0 Å². The van der Waals surface area contributed by atoms with Crippen molar-refractivity contribution >= 4 is 17.9 Å². The second-order valence-corrected chi connectivity index (χ2v) is 19.7. The molecule has 340 valence electrons. The molecule has 2 aliphatic carbocycles. The van der Waals surface area contributed by atoms with Gasteiger partial charge < -0.3 is 28.6 Å². The van der Waals surface area contributed by atoms with Crippen LogP contribution >= 0.6 is 0 Å². The predicted molar refractivity (Wildman–Crippen MR) is 238 cm³/mol. The monoisotopic (exact) mass is 830 g/mol. The highest BCUT2D eigenvalue weighted by molar-refractivity contribution is 5.70. The Labute approximate surface area is 360 Å². The molecule has 0 amide bonds. The molecule has 0 aromatic carbocycles. The van der Waals surface area contributed by atoms with Gasteiger partial charge in [-0.25, -0.2) is 0 Å². The standard InChI is InChI=1S/C50H87NO8/c1-11-50-36-41(50)35-44(49(50,7)8)59-47(54)23-17-22-42(58-46(53)24-18-31-51(9)10)21-14-12-13-15-32-55-45(52)27-28-48-56-33-29-39(6)43(26-25-38(4)5)40(30-34-57-48)20-16-19-37(2)3/h19,25,39-44,48H,11-18,20-24,26-36H2,1-10H3/t39?,40?,41?,42?,43?,44-,48?,50?/m1/s1. The third-order valence-electron chi connectivity index (χ3n) is 14.1. The second kappa shape index (κ2) is 26.3. The van der Waals surface area contributed by atoms with Crippen LogP contribution in [0, 0.1) is 34.5 Å². The highest BCUT2D eigenvalue weighted by Crippen LogP contribution is 2.74. The molecule has 0 aromatic rings. The smallest absolute Gasteiger partial charge is 0.306 e. The Morgan fingerprint density at radius 1 is 0.814 bits per heavy atom. The molecule has 9 nitrogen and oxygen atoms in total. The number of unbranched alkanes of at least 4 members (excludes halogenated alkanes) is 3. The quantitative estimate of drug-likeness (QED) is 0.0365. The van der Waals surface area contributed by atoms with E-state index in [0.717, 1.165) is 83.6 Å². The topological polar surface area (TPSA) is 101 Å². The lowest BCUT2D eigenvalue weighted by molar-refractivity contribution is -0.164. The third kappa shape index (κ3) is 18.0. The summed E-state index contributed by atoms with van der Waals surface area (Å²) >= 11 is 0. The van der Waals surface area contributed by atoms with E-state index in [1.165, 1.54) is 24.0 Å². The molecule has 3 fully saturated rings. The van der Waals surface area contributed by atoms with Crippen LogP contribution in [0.4, 0.5) is 0 Å². The maximum Gasteiger partial charge on any atom is 0.306 e. The number of fused-ring (bicyclic) bond motifs is 1. The number of allylic oxidation sites excluding steroid dienone is 4. The zero-order valence-corrected chi connectivity index (χ0v) is 39.4. The minimum atomic E-state index is -0.388. The van der Waals surface area contributed by atoms with Crippen LogP contribution < -0.4 is 0 Å². The molecule has 0 spiro atoms. The maximum atomic E-state index is 12.9. The van der Waals surface area contributed by atoms with Gasteiger partial charge in [-0.15, -0.1) is 0 Å². The SMILES string of the molecule is CCC12CC1C[C@@H](OC(=O)CCCC(CCCCCCOC(=O)CCC1OCCC(C)C(CC=C(C)C)C(CCC=C(C)C)CCO1)OC(=O)CCCN(C)C)C2(C)C. The van der Waals surface area contributed by atoms with Crippen molar-refractivity contribution in [2.24, 2.45) is 34.5 Å². The maximum absolute atomic E-state index is 12.9. The molecule has 2 saturated carbocycles. The molecular formula is C50H87NO8. The van der Waals surface area contributed by atoms with Crippen LogP contribution in [0.15, 0.2) is 23.3 Å². The van der Waals surface area contributed by atoms with Gasteiger partial charge in [-0.3, -0.25) is 14.4 Å². The van der Waals surface area contributed by atoms with Crippen molar-refractivity contribution in [3.05, 3.63) is 23.3 Å². The third-order valence-corrected chi connectivity index (χ3v) is 14.1. The molecule has 8 atom stereocenters. The number of hydrogen-bond donors (Lipinski definition) is 0. The first-order valence-electron chi connectivity index (χ1n) is 23.8. The van der Waals surface area contributed by atoms with E-state index in [4.69, 9.17) is 23.7 Å². The molecule has 7 unspecified atom stereocenters. The number of rotatable bonds is 26. The van der Waals surface area contributed by atoms with Crippen LogP contribution in [-0.4, -0.2) is 81.8 Å². The van der Waals surface area contributed by atoms with Gasteiger partial charge in [0.2, 0.25) is 0 Å². The summed E-state index contributed by atoms with van der Waals surface area (Å²) in [5, 5.41) is 0. The lowest BCUT2D eigenvalue weighted by Crippen LogP contribution is -2.36. The molecule has 3 aliphatic rings. The molecule has 0 N–H and O–H groups in total. The van der Waals surface area contributed by atoms with Gasteiger partial charge in [0.1, 0.15) is 12.2 Å². The van der Waals surface area contributed by atoms with Crippen LogP contribution in [0.3, 0.4) is 0 Å². The molecular weight excluding hydrogens is 743 g/mol. The van der Waals surface area contributed by atoms with Crippen LogP contribution in [0.1, 0.15) is 184 Å². The summed E-state index contributed by atoms with van der Waals surface area (Å²) in [6, 6.07) is 0. The van der Waals surface area contributed by atoms with E-state index in [0.29, 0.717) is 81.0 Å². The summed E-state index contributed by atoms with van der Waals surface area (Å²) in [6.45, 7) is 20.4. The average Bonchev–Trinajstić information content (AvgIpc) is 3.85. The fraction of sp³-hybridized carbons (Fsp3) is 0.860. The van der Waals surface area contributed by atoms with Gasteiger partial charge in [-0.05, 0) is 167 Å². The van der Waals surface area contributed by atoms with Crippen molar-refractivity contribution in [2.45, 2.75) is 202 Å². The average molecular weight is 830 g/mol. The van der Waals surface area contributed by atoms with Crippen molar-refractivity contribution in [1.82, 2.24) is 4.90 Å². The first kappa shape index (κ1) is 51.1. The lowest BCUT2D eigenvalue weighted by Gasteiger charge is -2.36. The van der Waals surface area contributed by atoms with Gasteiger partial charge in [0.15, 0.2) is 6.29 Å². The summed E-state index contributed by atoms with van der Waals surface area (Å²) in [6.07, 6.45) is 20.8. The zero-order chi connectivity index (χ0) is 43.4. The summed E-state index contributed by atoms with van der Waals surface area (Å²) in [5.74, 6) is 1.93. The molecule has 0 bridgehead atoms. The van der Waals surface area contributed by atoms with Gasteiger partial charge in [0.25, 0.3) is 0 Å². The number of ether oxygens (including phenoxy) is 5. The van der Waals surface area contributed by atoms with Gasteiger partial charge in [-0.1, -0.05) is 63.8 Å². The van der Waals surface area contributed by atoms with Crippen LogP contribution in [0.2, 0.25) is 0 Å².